The molecular formula is C4H8F2N2O2S2. The lowest BCUT2D eigenvalue weighted by Crippen LogP contribution is -2.31. The molecule has 0 aliphatic heterocycles. The Hall–Kier alpha value is -0.340. The van der Waals surface area contributed by atoms with E-state index in [9.17, 15) is 17.2 Å². The van der Waals surface area contributed by atoms with E-state index >= 15 is 0 Å². The summed E-state index contributed by atoms with van der Waals surface area (Å²) in [6, 6.07) is 0. The molecule has 0 rings (SSSR count). The zero-order valence-electron chi connectivity index (χ0n) is 5.96. The third-order valence-corrected chi connectivity index (χ3v) is 2.19. The van der Waals surface area contributed by atoms with E-state index in [1.165, 1.54) is 0 Å². The Kier molecular flexibility index (Phi) is 4.50. The van der Waals surface area contributed by atoms with Crippen LogP contribution in [0.25, 0.3) is 0 Å². The van der Waals surface area contributed by atoms with Gasteiger partial charge >= 0.3 is 5.76 Å². The van der Waals surface area contributed by atoms with E-state index in [4.69, 9.17) is 5.73 Å². The van der Waals surface area contributed by atoms with E-state index in [1.54, 1.807) is 4.72 Å². The molecule has 0 aromatic rings. The molecule has 0 aliphatic rings. The van der Waals surface area contributed by atoms with Crippen molar-refractivity contribution in [3.05, 3.63) is 0 Å². The Morgan fingerprint density at radius 3 is 2.42 bits per heavy atom. The molecule has 0 amide bonds. The molecule has 0 aromatic carbocycles. The molecule has 0 spiro atoms. The van der Waals surface area contributed by atoms with Crippen molar-refractivity contribution in [3.8, 4) is 0 Å². The van der Waals surface area contributed by atoms with Crippen LogP contribution in [-0.4, -0.2) is 25.7 Å². The summed E-state index contributed by atoms with van der Waals surface area (Å²) in [5.74, 6) is -3.41. The predicted octanol–water partition coefficient (Wildman–Crippen LogP) is -0.195. The zero-order valence-corrected chi connectivity index (χ0v) is 7.59. The number of hydrogen-bond donors (Lipinski definition) is 2. The molecule has 0 saturated heterocycles. The largest absolute Gasteiger partial charge is 0.393 e. The standard InChI is InChI=1S/C4H8F2N2O2S2/c5-4(6)12(9,10)8-2-1-3(7)11/h4,8H,1-2H2,(H2,7,11). The smallest absolute Gasteiger partial charge is 0.350 e. The fraction of sp³-hybridized carbons (Fsp3) is 0.750. The molecule has 72 valence electrons. The number of thiocarbonyl (C=S) groups is 1. The van der Waals surface area contributed by atoms with Crippen LogP contribution < -0.4 is 10.5 Å². The van der Waals surface area contributed by atoms with Crippen molar-refractivity contribution >= 4 is 27.2 Å². The van der Waals surface area contributed by atoms with Crippen molar-refractivity contribution in [2.45, 2.75) is 12.2 Å². The predicted molar refractivity (Wildman–Crippen MR) is 44.3 cm³/mol. The SMILES string of the molecule is NC(=S)CCNS(=O)(=O)C(F)F. The van der Waals surface area contributed by atoms with Gasteiger partial charge in [0.2, 0.25) is 0 Å². The van der Waals surface area contributed by atoms with E-state index < -0.39 is 15.8 Å². The van der Waals surface area contributed by atoms with Gasteiger partial charge in [-0.3, -0.25) is 0 Å². The molecular weight excluding hydrogens is 210 g/mol. The molecule has 4 nitrogen and oxygen atoms in total. The maximum atomic E-state index is 11.6. The van der Waals surface area contributed by atoms with E-state index in [-0.39, 0.29) is 18.0 Å². The fourth-order valence-corrected chi connectivity index (χ4v) is 0.994. The second kappa shape index (κ2) is 4.63. The van der Waals surface area contributed by atoms with Gasteiger partial charge in [0.1, 0.15) is 0 Å². The van der Waals surface area contributed by atoms with Crippen LogP contribution in [-0.2, 0) is 10.0 Å². The molecule has 8 heteroatoms. The number of nitrogens with one attached hydrogen (secondary N) is 1. The van der Waals surface area contributed by atoms with Crippen molar-refractivity contribution < 1.29 is 17.2 Å². The fourth-order valence-electron chi connectivity index (χ4n) is 0.379. The van der Waals surface area contributed by atoms with Crippen LogP contribution >= 0.6 is 12.2 Å². The number of sulfonamides is 1. The highest BCUT2D eigenvalue weighted by atomic mass is 32.2. The summed E-state index contributed by atoms with van der Waals surface area (Å²) < 4.78 is 45.6. The Balaban J connectivity index is 3.86. The first kappa shape index (κ1) is 11.7. The molecule has 0 saturated carbocycles. The van der Waals surface area contributed by atoms with Gasteiger partial charge in [0.15, 0.2) is 0 Å². The summed E-state index contributed by atoms with van der Waals surface area (Å²) >= 11 is 4.40. The Labute approximate surface area is 74.2 Å². The highest BCUT2D eigenvalue weighted by Crippen LogP contribution is 2.00. The normalized spacial score (nSPS) is 11.9. The first-order valence-electron chi connectivity index (χ1n) is 2.91. The Morgan fingerprint density at radius 1 is 1.58 bits per heavy atom. The topological polar surface area (TPSA) is 72.2 Å². The minimum Gasteiger partial charge on any atom is -0.393 e. The van der Waals surface area contributed by atoms with Gasteiger partial charge in [-0.05, 0) is 0 Å². The van der Waals surface area contributed by atoms with Gasteiger partial charge in [-0.25, -0.2) is 13.1 Å². The first-order chi connectivity index (χ1) is 5.36. The van der Waals surface area contributed by atoms with Crippen LogP contribution in [0.4, 0.5) is 8.78 Å². The third kappa shape index (κ3) is 4.52. The lowest BCUT2D eigenvalue weighted by atomic mass is 10.4. The maximum Gasteiger partial charge on any atom is 0.350 e. The second-order valence-electron chi connectivity index (χ2n) is 1.92. The first-order valence-corrected chi connectivity index (χ1v) is 4.86. The van der Waals surface area contributed by atoms with Crippen molar-refractivity contribution in [2.75, 3.05) is 6.54 Å². The van der Waals surface area contributed by atoms with Crippen molar-refractivity contribution in [2.24, 2.45) is 5.73 Å². The summed E-state index contributed by atoms with van der Waals surface area (Å²) in [6.45, 7) is -0.192. The van der Waals surface area contributed by atoms with E-state index in [0.29, 0.717) is 0 Å². The highest BCUT2D eigenvalue weighted by Gasteiger charge is 2.22. The molecule has 3 N–H and O–H groups in total. The number of nitrogens with two attached hydrogens (primary N) is 1. The summed E-state index contributed by atoms with van der Waals surface area (Å²) in [5, 5.41) is 0. The minimum absolute atomic E-state index is 0.0707. The average Bonchev–Trinajstić information content (AvgIpc) is 1.85. The van der Waals surface area contributed by atoms with Crippen LogP contribution in [0.3, 0.4) is 0 Å². The van der Waals surface area contributed by atoms with E-state index in [1.807, 2.05) is 0 Å². The number of rotatable bonds is 5. The van der Waals surface area contributed by atoms with Crippen LogP contribution in [0.2, 0.25) is 0 Å². The molecule has 0 atom stereocenters. The monoisotopic (exact) mass is 218 g/mol. The molecule has 0 aliphatic carbocycles. The Bertz CT molecular complexity index is 252. The van der Waals surface area contributed by atoms with Crippen LogP contribution in [0, 0.1) is 0 Å². The summed E-state index contributed by atoms with van der Waals surface area (Å²) in [6.07, 6.45) is 0.0707. The van der Waals surface area contributed by atoms with E-state index in [2.05, 4.69) is 12.2 Å². The highest BCUT2D eigenvalue weighted by molar-refractivity contribution is 7.89. The molecule has 0 fully saturated rings. The number of hydrogen-bond acceptors (Lipinski definition) is 3. The van der Waals surface area contributed by atoms with Crippen LogP contribution in [0.15, 0.2) is 0 Å². The van der Waals surface area contributed by atoms with Crippen LogP contribution in [0.5, 0.6) is 0 Å². The maximum absolute atomic E-state index is 11.6. The van der Waals surface area contributed by atoms with Crippen molar-refractivity contribution in [1.29, 1.82) is 0 Å². The molecule has 0 bridgehead atoms. The van der Waals surface area contributed by atoms with Gasteiger partial charge in [0.25, 0.3) is 10.0 Å². The van der Waals surface area contributed by atoms with Gasteiger partial charge in [0, 0.05) is 13.0 Å². The zero-order chi connectivity index (χ0) is 9.78. The lowest BCUT2D eigenvalue weighted by Gasteiger charge is -2.03. The Morgan fingerprint density at radius 2 is 2.08 bits per heavy atom. The van der Waals surface area contributed by atoms with Gasteiger partial charge in [-0.15, -0.1) is 0 Å². The van der Waals surface area contributed by atoms with Gasteiger partial charge < -0.3 is 5.73 Å². The van der Waals surface area contributed by atoms with Crippen molar-refractivity contribution in [1.82, 2.24) is 4.72 Å². The molecule has 0 heterocycles. The van der Waals surface area contributed by atoms with Crippen LogP contribution in [0.1, 0.15) is 6.42 Å². The van der Waals surface area contributed by atoms with Gasteiger partial charge in [-0.1, -0.05) is 12.2 Å². The quantitative estimate of drug-likeness (QED) is 0.627. The molecule has 0 radical (unpaired) electrons. The summed E-state index contributed by atoms with van der Waals surface area (Å²) in [4.78, 5) is 0.0759. The number of alkyl halides is 2. The third-order valence-electron chi connectivity index (χ3n) is 0.909. The number of halogens is 2. The molecule has 0 unspecified atom stereocenters. The summed E-state index contributed by atoms with van der Waals surface area (Å²) in [5.41, 5.74) is 5.01. The molecule has 0 aromatic heterocycles. The van der Waals surface area contributed by atoms with Gasteiger partial charge in [0.05, 0.1) is 4.99 Å². The van der Waals surface area contributed by atoms with Gasteiger partial charge in [-0.2, -0.15) is 8.78 Å². The summed E-state index contributed by atoms with van der Waals surface area (Å²) in [7, 11) is -4.49. The average molecular weight is 218 g/mol. The lowest BCUT2D eigenvalue weighted by molar-refractivity contribution is 0.232. The van der Waals surface area contributed by atoms with E-state index in [0.717, 1.165) is 0 Å². The minimum atomic E-state index is -4.49. The second-order valence-corrected chi connectivity index (χ2v) is 4.18. The molecule has 12 heavy (non-hydrogen) atoms. The van der Waals surface area contributed by atoms with Crippen molar-refractivity contribution in [3.63, 3.8) is 0 Å².